The van der Waals surface area contributed by atoms with Gasteiger partial charge < -0.3 is 0 Å². The molecule has 20 heavy (non-hydrogen) atoms. The zero-order chi connectivity index (χ0) is 15.1. The van der Waals surface area contributed by atoms with Crippen LogP contribution in [0.4, 0.5) is 0 Å². The molecule has 7 nitrogen and oxygen atoms in total. The van der Waals surface area contributed by atoms with Gasteiger partial charge in [0.15, 0.2) is 9.84 Å². The molecule has 0 amide bonds. The lowest BCUT2D eigenvalue weighted by Crippen LogP contribution is -2.47. The Morgan fingerprint density at radius 3 is 2.55 bits per heavy atom. The largest absolute Gasteiger partial charge is 0.269 e. The van der Waals surface area contributed by atoms with E-state index in [2.05, 4.69) is 5.10 Å². The monoisotopic (exact) mass is 321 g/mol. The number of sulfonamides is 1. The van der Waals surface area contributed by atoms with Crippen molar-refractivity contribution in [1.82, 2.24) is 14.1 Å². The van der Waals surface area contributed by atoms with Gasteiger partial charge in [-0.1, -0.05) is 0 Å². The molecular weight excluding hydrogens is 302 g/mol. The number of sulfone groups is 1. The normalized spacial score (nSPS) is 24.1. The molecule has 0 radical (unpaired) electrons. The maximum atomic E-state index is 12.5. The van der Waals surface area contributed by atoms with Crippen molar-refractivity contribution in [2.24, 2.45) is 0 Å². The van der Waals surface area contributed by atoms with E-state index in [9.17, 15) is 16.8 Å². The molecule has 0 spiro atoms. The number of hydrogen-bond donors (Lipinski definition) is 0. The van der Waals surface area contributed by atoms with Crippen molar-refractivity contribution < 1.29 is 16.8 Å². The molecule has 0 saturated carbocycles. The third-order valence-corrected chi connectivity index (χ3v) is 7.39. The zero-order valence-electron chi connectivity index (χ0n) is 11.7. The smallest absolute Gasteiger partial charge is 0.246 e. The van der Waals surface area contributed by atoms with Gasteiger partial charge in [-0.05, 0) is 20.8 Å². The topological polar surface area (TPSA) is 89.3 Å². The molecule has 114 valence electrons. The van der Waals surface area contributed by atoms with Gasteiger partial charge in [-0.25, -0.2) is 16.8 Å². The van der Waals surface area contributed by atoms with Gasteiger partial charge in [0.05, 0.1) is 17.2 Å². The van der Waals surface area contributed by atoms with Crippen LogP contribution in [0.15, 0.2) is 17.3 Å². The fourth-order valence-electron chi connectivity index (χ4n) is 2.03. The summed E-state index contributed by atoms with van der Waals surface area (Å²) >= 11 is 0. The first kappa shape index (κ1) is 15.5. The highest BCUT2D eigenvalue weighted by molar-refractivity contribution is 7.92. The van der Waals surface area contributed by atoms with E-state index >= 15 is 0 Å². The highest BCUT2D eigenvalue weighted by Gasteiger charge is 2.36. The number of aromatic nitrogens is 2. The van der Waals surface area contributed by atoms with Crippen LogP contribution in [0.2, 0.25) is 0 Å². The van der Waals surface area contributed by atoms with Crippen molar-refractivity contribution in [2.45, 2.75) is 37.0 Å². The summed E-state index contributed by atoms with van der Waals surface area (Å²) in [5.74, 6) is -0.133. The van der Waals surface area contributed by atoms with Crippen LogP contribution in [-0.4, -0.2) is 55.0 Å². The Hall–Kier alpha value is -0.930. The minimum absolute atomic E-state index is 0.00185. The van der Waals surface area contributed by atoms with Crippen molar-refractivity contribution in [3.8, 4) is 0 Å². The third-order valence-electron chi connectivity index (χ3n) is 3.44. The predicted molar refractivity (Wildman–Crippen MR) is 74.6 cm³/mol. The average Bonchev–Trinajstić information content (AvgIpc) is 2.82. The number of rotatable bonds is 3. The molecule has 1 aliphatic heterocycles. The van der Waals surface area contributed by atoms with Gasteiger partial charge in [0, 0.05) is 25.3 Å². The second-order valence-electron chi connectivity index (χ2n) is 5.29. The highest BCUT2D eigenvalue weighted by Crippen LogP contribution is 2.21. The molecule has 0 aromatic carbocycles. The van der Waals surface area contributed by atoms with Crippen LogP contribution in [0, 0.1) is 0 Å². The van der Waals surface area contributed by atoms with Gasteiger partial charge in [-0.15, -0.1) is 0 Å². The molecule has 1 aromatic heterocycles. The van der Waals surface area contributed by atoms with E-state index in [1.54, 1.807) is 4.68 Å². The molecule has 1 fully saturated rings. The van der Waals surface area contributed by atoms with E-state index < -0.39 is 25.1 Å². The minimum atomic E-state index is -3.67. The van der Waals surface area contributed by atoms with Crippen LogP contribution in [0.5, 0.6) is 0 Å². The Morgan fingerprint density at radius 2 is 2.05 bits per heavy atom. The van der Waals surface area contributed by atoms with Gasteiger partial charge in [0.1, 0.15) is 4.90 Å². The Morgan fingerprint density at radius 1 is 1.40 bits per heavy atom. The van der Waals surface area contributed by atoms with Crippen LogP contribution in [0.3, 0.4) is 0 Å². The lowest BCUT2D eigenvalue weighted by Gasteiger charge is -2.29. The van der Waals surface area contributed by atoms with Crippen LogP contribution in [0.25, 0.3) is 0 Å². The lowest BCUT2D eigenvalue weighted by molar-refractivity contribution is 0.407. The number of hydrogen-bond acceptors (Lipinski definition) is 5. The average molecular weight is 321 g/mol. The van der Waals surface area contributed by atoms with Gasteiger partial charge >= 0.3 is 0 Å². The molecule has 2 heterocycles. The predicted octanol–water partition coefficient (Wildman–Crippen LogP) is 0.272. The molecule has 9 heteroatoms. The van der Waals surface area contributed by atoms with Crippen LogP contribution in [0.1, 0.15) is 26.8 Å². The van der Waals surface area contributed by atoms with Gasteiger partial charge in [-0.3, -0.25) is 4.68 Å². The Bertz CT molecular complexity index is 691. The summed E-state index contributed by atoms with van der Waals surface area (Å²) in [5.41, 5.74) is 0. The summed E-state index contributed by atoms with van der Waals surface area (Å²) < 4.78 is 51.0. The minimum Gasteiger partial charge on any atom is -0.269 e. The molecule has 1 aliphatic rings. The quantitative estimate of drug-likeness (QED) is 0.797. The zero-order valence-corrected chi connectivity index (χ0v) is 13.4. The van der Waals surface area contributed by atoms with Crippen LogP contribution in [-0.2, 0) is 19.9 Å². The van der Waals surface area contributed by atoms with Gasteiger partial charge in [0.2, 0.25) is 10.0 Å². The molecule has 1 aromatic rings. The summed E-state index contributed by atoms with van der Waals surface area (Å²) in [6.07, 6.45) is 2.79. The first-order chi connectivity index (χ1) is 9.14. The Balaban J connectivity index is 2.27. The van der Waals surface area contributed by atoms with Crippen molar-refractivity contribution in [2.75, 3.05) is 18.8 Å². The summed E-state index contributed by atoms with van der Waals surface area (Å²) in [6, 6.07) is 0.0691. The molecule has 0 aliphatic carbocycles. The van der Waals surface area contributed by atoms with Gasteiger partial charge in [0.25, 0.3) is 0 Å². The van der Waals surface area contributed by atoms with E-state index in [4.69, 9.17) is 0 Å². The molecule has 1 saturated heterocycles. The second kappa shape index (κ2) is 5.12. The van der Waals surface area contributed by atoms with E-state index in [-0.39, 0.29) is 29.8 Å². The van der Waals surface area contributed by atoms with Crippen molar-refractivity contribution in [1.29, 1.82) is 0 Å². The van der Waals surface area contributed by atoms with Crippen LogP contribution < -0.4 is 0 Å². The van der Waals surface area contributed by atoms with E-state index in [0.717, 1.165) is 0 Å². The molecule has 0 N–H and O–H groups in total. The molecule has 1 unspecified atom stereocenters. The second-order valence-corrected chi connectivity index (χ2v) is 9.77. The van der Waals surface area contributed by atoms with E-state index in [1.807, 2.05) is 13.8 Å². The molecule has 0 bridgehead atoms. The van der Waals surface area contributed by atoms with Crippen molar-refractivity contribution in [3.05, 3.63) is 12.4 Å². The fourth-order valence-corrected chi connectivity index (χ4v) is 4.99. The van der Waals surface area contributed by atoms with Crippen molar-refractivity contribution in [3.63, 3.8) is 0 Å². The third kappa shape index (κ3) is 2.75. The van der Waals surface area contributed by atoms with Crippen LogP contribution >= 0.6 is 0 Å². The first-order valence-corrected chi connectivity index (χ1v) is 9.56. The summed E-state index contributed by atoms with van der Waals surface area (Å²) in [7, 11) is -6.84. The molecular formula is C11H19N3O4S2. The Labute approximate surface area is 119 Å². The first-order valence-electron chi connectivity index (χ1n) is 6.40. The summed E-state index contributed by atoms with van der Waals surface area (Å²) in [4.78, 5) is 0.109. The maximum absolute atomic E-state index is 12.5. The maximum Gasteiger partial charge on any atom is 0.246 e. The SMILES string of the molecule is CC(C)n1cc(S(=O)(=O)N2CCS(=O)(=O)C(C)C2)cn1. The van der Waals surface area contributed by atoms with Crippen molar-refractivity contribution >= 4 is 19.9 Å². The molecule has 1 atom stereocenters. The lowest BCUT2D eigenvalue weighted by atomic mass is 10.4. The number of nitrogens with zero attached hydrogens (tertiary/aromatic N) is 3. The summed E-state index contributed by atoms with van der Waals surface area (Å²) in [6.45, 7) is 5.34. The standard InChI is InChI=1S/C11H19N3O4S2/c1-9(2)14-8-11(6-12-14)20(17,18)13-4-5-19(15,16)10(3)7-13/h6,8-10H,4-5,7H2,1-3H3. The fraction of sp³-hybridized carbons (Fsp3) is 0.727. The van der Waals surface area contributed by atoms with E-state index in [1.165, 1.54) is 23.6 Å². The highest BCUT2D eigenvalue weighted by atomic mass is 32.2. The Kier molecular flexibility index (Phi) is 3.96. The van der Waals surface area contributed by atoms with E-state index in [0.29, 0.717) is 0 Å². The molecule has 2 rings (SSSR count). The summed E-state index contributed by atoms with van der Waals surface area (Å²) in [5, 5.41) is 3.34. The van der Waals surface area contributed by atoms with Gasteiger partial charge in [-0.2, -0.15) is 9.40 Å².